The summed E-state index contributed by atoms with van der Waals surface area (Å²) >= 11 is 1.70. The zero-order chi connectivity index (χ0) is 14.8. The average molecular weight is 306 g/mol. The summed E-state index contributed by atoms with van der Waals surface area (Å²) in [5.74, 6) is 1.66. The SMILES string of the molecule is CCNc1nc(N(CCO)C2CCC2)c2cc(C)sc2n1. The van der Waals surface area contributed by atoms with Crippen LogP contribution in [-0.4, -0.2) is 40.8 Å². The Morgan fingerprint density at radius 2 is 2.24 bits per heavy atom. The molecular weight excluding hydrogens is 284 g/mol. The largest absolute Gasteiger partial charge is 0.395 e. The van der Waals surface area contributed by atoms with Gasteiger partial charge in [-0.3, -0.25) is 0 Å². The van der Waals surface area contributed by atoms with Crippen LogP contribution in [0.5, 0.6) is 0 Å². The van der Waals surface area contributed by atoms with Gasteiger partial charge in [-0.05, 0) is 39.2 Å². The first-order chi connectivity index (χ1) is 10.2. The number of hydrogen-bond donors (Lipinski definition) is 2. The van der Waals surface area contributed by atoms with Gasteiger partial charge in [-0.25, -0.2) is 4.98 Å². The quantitative estimate of drug-likeness (QED) is 0.859. The predicted molar refractivity (Wildman–Crippen MR) is 88.4 cm³/mol. The van der Waals surface area contributed by atoms with Gasteiger partial charge < -0.3 is 15.3 Å². The van der Waals surface area contributed by atoms with Gasteiger partial charge in [-0.1, -0.05) is 0 Å². The standard InChI is InChI=1S/C15H22N4OS/c1-3-16-15-17-13(12-9-10(2)21-14(12)18-15)19(7-8-20)11-5-4-6-11/h9,11,20H,3-8H2,1-2H3,(H,16,17,18). The summed E-state index contributed by atoms with van der Waals surface area (Å²) in [7, 11) is 0. The van der Waals surface area contributed by atoms with E-state index in [1.165, 1.54) is 24.1 Å². The van der Waals surface area contributed by atoms with Crippen LogP contribution in [0.15, 0.2) is 6.07 Å². The maximum atomic E-state index is 9.42. The minimum Gasteiger partial charge on any atom is -0.395 e. The van der Waals surface area contributed by atoms with Crippen LogP contribution in [0, 0.1) is 6.92 Å². The van der Waals surface area contributed by atoms with E-state index >= 15 is 0 Å². The van der Waals surface area contributed by atoms with Crippen LogP contribution in [0.4, 0.5) is 11.8 Å². The third-order valence-corrected chi connectivity index (χ3v) is 4.90. The van der Waals surface area contributed by atoms with E-state index in [1.807, 2.05) is 6.92 Å². The minimum absolute atomic E-state index is 0.154. The molecule has 1 fully saturated rings. The van der Waals surface area contributed by atoms with Crippen LogP contribution >= 0.6 is 11.3 Å². The van der Waals surface area contributed by atoms with E-state index in [9.17, 15) is 5.11 Å². The number of rotatable bonds is 6. The van der Waals surface area contributed by atoms with E-state index in [2.05, 4.69) is 28.2 Å². The molecule has 3 rings (SSSR count). The number of aryl methyl sites for hydroxylation is 1. The topological polar surface area (TPSA) is 61.3 Å². The molecular formula is C15H22N4OS. The number of aliphatic hydroxyl groups excluding tert-OH is 1. The second-order valence-corrected chi connectivity index (χ2v) is 6.71. The predicted octanol–water partition coefficient (Wildman–Crippen LogP) is 2.78. The molecule has 0 bridgehead atoms. The fraction of sp³-hybridized carbons (Fsp3) is 0.600. The Kier molecular flexibility index (Phi) is 4.26. The number of aliphatic hydroxyl groups is 1. The summed E-state index contributed by atoms with van der Waals surface area (Å²) in [5, 5.41) is 13.7. The number of nitrogens with one attached hydrogen (secondary N) is 1. The van der Waals surface area contributed by atoms with Crippen LogP contribution in [0.1, 0.15) is 31.1 Å². The molecule has 0 spiro atoms. The normalized spacial score (nSPS) is 15.2. The highest BCUT2D eigenvalue weighted by molar-refractivity contribution is 7.18. The number of nitrogens with zero attached hydrogens (tertiary/aromatic N) is 3. The van der Waals surface area contributed by atoms with Gasteiger partial charge in [0.05, 0.1) is 12.0 Å². The first-order valence-corrected chi connectivity index (χ1v) is 8.44. The fourth-order valence-electron chi connectivity index (χ4n) is 2.75. The molecule has 0 radical (unpaired) electrons. The number of aromatic nitrogens is 2. The lowest BCUT2D eigenvalue weighted by Crippen LogP contribution is -2.42. The Bertz CT molecular complexity index is 623. The van der Waals surface area contributed by atoms with Crippen LogP contribution in [0.25, 0.3) is 10.2 Å². The maximum absolute atomic E-state index is 9.42. The van der Waals surface area contributed by atoms with Gasteiger partial charge >= 0.3 is 0 Å². The lowest BCUT2D eigenvalue weighted by atomic mass is 9.91. The second-order valence-electron chi connectivity index (χ2n) is 5.48. The van der Waals surface area contributed by atoms with Gasteiger partial charge in [0.25, 0.3) is 0 Å². The molecule has 2 aromatic heterocycles. The Hall–Kier alpha value is -1.40. The summed E-state index contributed by atoms with van der Waals surface area (Å²) < 4.78 is 0. The highest BCUT2D eigenvalue weighted by Gasteiger charge is 2.27. The molecule has 0 saturated heterocycles. The number of hydrogen-bond acceptors (Lipinski definition) is 6. The van der Waals surface area contributed by atoms with Crippen molar-refractivity contribution in [2.75, 3.05) is 29.9 Å². The Labute approximate surface area is 129 Å². The third kappa shape index (κ3) is 2.82. The van der Waals surface area contributed by atoms with E-state index in [0.29, 0.717) is 18.5 Å². The van der Waals surface area contributed by atoms with Crippen molar-refractivity contribution >= 4 is 33.3 Å². The number of anilines is 2. The first kappa shape index (κ1) is 14.5. The zero-order valence-corrected chi connectivity index (χ0v) is 13.4. The summed E-state index contributed by atoms with van der Waals surface area (Å²) in [4.78, 5) is 13.9. The van der Waals surface area contributed by atoms with Crippen LogP contribution < -0.4 is 10.2 Å². The summed E-state index contributed by atoms with van der Waals surface area (Å²) in [6.45, 7) is 5.74. The molecule has 0 aromatic carbocycles. The van der Waals surface area contributed by atoms with Gasteiger partial charge in [-0.15, -0.1) is 11.3 Å². The molecule has 2 aromatic rings. The van der Waals surface area contributed by atoms with Crippen molar-refractivity contribution in [2.45, 2.75) is 39.2 Å². The van der Waals surface area contributed by atoms with Crippen LogP contribution in [0.3, 0.4) is 0 Å². The molecule has 2 heterocycles. The van der Waals surface area contributed by atoms with E-state index in [0.717, 1.165) is 22.6 Å². The molecule has 0 atom stereocenters. The monoisotopic (exact) mass is 306 g/mol. The molecule has 5 nitrogen and oxygen atoms in total. The van der Waals surface area contributed by atoms with Gasteiger partial charge in [0.2, 0.25) is 5.95 Å². The van der Waals surface area contributed by atoms with Gasteiger partial charge in [-0.2, -0.15) is 4.98 Å². The Morgan fingerprint density at radius 3 is 2.86 bits per heavy atom. The lowest BCUT2D eigenvalue weighted by molar-refractivity contribution is 0.283. The molecule has 114 valence electrons. The first-order valence-electron chi connectivity index (χ1n) is 7.62. The zero-order valence-electron chi connectivity index (χ0n) is 12.6. The van der Waals surface area contributed by atoms with Crippen molar-refractivity contribution in [3.8, 4) is 0 Å². The second kappa shape index (κ2) is 6.15. The summed E-state index contributed by atoms with van der Waals surface area (Å²) in [6, 6.07) is 2.67. The molecule has 21 heavy (non-hydrogen) atoms. The molecule has 1 aliphatic rings. The van der Waals surface area contributed by atoms with Crippen LogP contribution in [-0.2, 0) is 0 Å². The highest BCUT2D eigenvalue weighted by atomic mass is 32.1. The van der Waals surface area contributed by atoms with Crippen molar-refractivity contribution in [3.63, 3.8) is 0 Å². The number of thiophene rings is 1. The smallest absolute Gasteiger partial charge is 0.226 e. The van der Waals surface area contributed by atoms with Crippen molar-refractivity contribution in [1.29, 1.82) is 0 Å². The Balaban J connectivity index is 2.08. The van der Waals surface area contributed by atoms with E-state index in [4.69, 9.17) is 4.98 Å². The molecule has 2 N–H and O–H groups in total. The van der Waals surface area contributed by atoms with E-state index < -0.39 is 0 Å². The number of fused-ring (bicyclic) bond motifs is 1. The molecule has 0 unspecified atom stereocenters. The van der Waals surface area contributed by atoms with Crippen molar-refractivity contribution < 1.29 is 5.11 Å². The molecule has 0 amide bonds. The third-order valence-electron chi connectivity index (χ3n) is 3.96. The fourth-order valence-corrected chi connectivity index (χ4v) is 3.62. The van der Waals surface area contributed by atoms with Crippen LogP contribution in [0.2, 0.25) is 0 Å². The van der Waals surface area contributed by atoms with Gasteiger partial charge in [0, 0.05) is 24.0 Å². The van der Waals surface area contributed by atoms with Crippen molar-refractivity contribution in [3.05, 3.63) is 10.9 Å². The van der Waals surface area contributed by atoms with Crippen molar-refractivity contribution in [1.82, 2.24) is 9.97 Å². The van der Waals surface area contributed by atoms with Crippen molar-refractivity contribution in [2.24, 2.45) is 0 Å². The summed E-state index contributed by atoms with van der Waals surface area (Å²) in [5.41, 5.74) is 0. The molecule has 0 aliphatic heterocycles. The highest BCUT2D eigenvalue weighted by Crippen LogP contribution is 2.36. The summed E-state index contributed by atoms with van der Waals surface area (Å²) in [6.07, 6.45) is 3.64. The molecule has 6 heteroatoms. The minimum atomic E-state index is 0.154. The molecule has 1 saturated carbocycles. The lowest BCUT2D eigenvalue weighted by Gasteiger charge is -2.38. The molecule has 1 aliphatic carbocycles. The van der Waals surface area contributed by atoms with Gasteiger partial charge in [0.1, 0.15) is 10.6 Å². The maximum Gasteiger partial charge on any atom is 0.226 e. The van der Waals surface area contributed by atoms with Gasteiger partial charge in [0.15, 0.2) is 0 Å². The Morgan fingerprint density at radius 1 is 1.43 bits per heavy atom. The average Bonchev–Trinajstić information content (AvgIpc) is 2.76. The van der Waals surface area contributed by atoms with E-state index in [1.54, 1.807) is 11.3 Å². The van der Waals surface area contributed by atoms with E-state index in [-0.39, 0.29) is 6.61 Å².